The topological polar surface area (TPSA) is 45.8 Å². The van der Waals surface area contributed by atoms with Gasteiger partial charge in [0.05, 0.1) is 5.69 Å². The molecule has 0 aliphatic carbocycles. The molecule has 2 rings (SSSR count). The number of aromatic nitrogens is 1. The van der Waals surface area contributed by atoms with Gasteiger partial charge >= 0.3 is 0 Å². The Kier molecular flexibility index (Phi) is 3.26. The van der Waals surface area contributed by atoms with Crippen molar-refractivity contribution in [3.63, 3.8) is 0 Å². The molecule has 1 aromatic heterocycles. The van der Waals surface area contributed by atoms with Gasteiger partial charge in [-0.1, -0.05) is 17.7 Å². The average Bonchev–Trinajstić information content (AvgIpc) is 2.31. The molecule has 0 N–H and O–H groups in total. The van der Waals surface area contributed by atoms with Crippen molar-refractivity contribution in [2.45, 2.75) is 27.7 Å². The van der Waals surface area contributed by atoms with Crippen LogP contribution < -0.4 is 5.56 Å². The summed E-state index contributed by atoms with van der Waals surface area (Å²) in [6.45, 7) is 7.77. The lowest BCUT2D eigenvalue weighted by Gasteiger charge is -2.14. The number of hydrogen-bond donors (Lipinski definition) is 0. The molecule has 19 heavy (non-hydrogen) atoms. The second-order valence-corrected chi connectivity index (χ2v) is 4.91. The van der Waals surface area contributed by atoms with Crippen LogP contribution in [0.5, 0.6) is 0 Å². The lowest BCUT2D eigenvalue weighted by Crippen LogP contribution is -2.22. The second kappa shape index (κ2) is 4.74. The van der Waals surface area contributed by atoms with Gasteiger partial charge in [-0.3, -0.25) is 9.36 Å². The van der Waals surface area contributed by atoms with Crippen molar-refractivity contribution >= 4 is 0 Å². The van der Waals surface area contributed by atoms with Crippen LogP contribution in [0.4, 0.5) is 0 Å². The molecular formula is C16H16N2O. The molecule has 0 aliphatic heterocycles. The molecule has 0 fully saturated rings. The summed E-state index contributed by atoms with van der Waals surface area (Å²) in [6.07, 6.45) is 1.74. The van der Waals surface area contributed by atoms with Gasteiger partial charge in [0.25, 0.3) is 5.56 Å². The molecule has 0 atom stereocenters. The number of hydrogen-bond acceptors (Lipinski definition) is 2. The van der Waals surface area contributed by atoms with E-state index in [1.807, 2.05) is 39.0 Å². The average molecular weight is 252 g/mol. The van der Waals surface area contributed by atoms with E-state index in [4.69, 9.17) is 5.26 Å². The van der Waals surface area contributed by atoms with Crippen molar-refractivity contribution in [3.8, 4) is 11.8 Å². The minimum atomic E-state index is -0.252. The first-order chi connectivity index (χ1) is 8.95. The number of nitriles is 1. The maximum Gasteiger partial charge on any atom is 0.273 e. The summed E-state index contributed by atoms with van der Waals surface area (Å²) < 4.78 is 1.57. The van der Waals surface area contributed by atoms with E-state index in [-0.39, 0.29) is 11.1 Å². The third-order valence-electron chi connectivity index (χ3n) is 3.29. The first kappa shape index (κ1) is 13.1. The fourth-order valence-corrected chi connectivity index (χ4v) is 2.49. The summed E-state index contributed by atoms with van der Waals surface area (Å²) in [4.78, 5) is 12.4. The standard InChI is InChI=1S/C16H16N2O/c1-10-7-12(3)15(13(4)8-10)18-6-5-11(2)14(9-17)16(18)19/h5-8H,1-4H3. The second-order valence-electron chi connectivity index (χ2n) is 4.91. The van der Waals surface area contributed by atoms with Crippen LogP contribution in [0, 0.1) is 39.0 Å². The molecule has 1 heterocycles. The molecule has 0 radical (unpaired) electrons. The third-order valence-corrected chi connectivity index (χ3v) is 3.29. The molecule has 0 unspecified atom stereocenters. The maximum absolute atomic E-state index is 12.4. The largest absolute Gasteiger partial charge is 0.283 e. The van der Waals surface area contributed by atoms with E-state index < -0.39 is 0 Å². The van der Waals surface area contributed by atoms with Crippen molar-refractivity contribution in [2.24, 2.45) is 0 Å². The zero-order chi connectivity index (χ0) is 14.2. The van der Waals surface area contributed by atoms with E-state index in [0.29, 0.717) is 5.56 Å². The Morgan fingerprint density at radius 2 is 1.63 bits per heavy atom. The van der Waals surface area contributed by atoms with Gasteiger partial charge < -0.3 is 0 Å². The monoisotopic (exact) mass is 252 g/mol. The molecule has 0 saturated carbocycles. The Morgan fingerprint density at radius 1 is 1.05 bits per heavy atom. The van der Waals surface area contributed by atoms with E-state index in [2.05, 4.69) is 0 Å². The number of pyridine rings is 1. The summed E-state index contributed by atoms with van der Waals surface area (Å²) in [7, 11) is 0. The van der Waals surface area contributed by atoms with Gasteiger partial charge in [0.15, 0.2) is 0 Å². The molecule has 3 nitrogen and oxygen atoms in total. The van der Waals surface area contributed by atoms with Gasteiger partial charge in [-0.15, -0.1) is 0 Å². The van der Waals surface area contributed by atoms with Gasteiger partial charge in [-0.05, 0) is 50.5 Å². The fraction of sp³-hybridized carbons (Fsp3) is 0.250. The van der Waals surface area contributed by atoms with Gasteiger partial charge in [0, 0.05) is 6.20 Å². The van der Waals surface area contributed by atoms with Crippen LogP contribution in [0.15, 0.2) is 29.2 Å². The van der Waals surface area contributed by atoms with E-state index in [1.54, 1.807) is 23.8 Å². The Balaban J connectivity index is 2.82. The van der Waals surface area contributed by atoms with Gasteiger partial charge in [-0.2, -0.15) is 5.26 Å². The van der Waals surface area contributed by atoms with Gasteiger partial charge in [0.1, 0.15) is 11.6 Å². The highest BCUT2D eigenvalue weighted by molar-refractivity contribution is 5.50. The lowest BCUT2D eigenvalue weighted by atomic mass is 10.0. The Morgan fingerprint density at radius 3 is 2.16 bits per heavy atom. The molecule has 96 valence electrons. The Hall–Kier alpha value is -2.34. The van der Waals surface area contributed by atoms with Crippen molar-refractivity contribution in [1.82, 2.24) is 4.57 Å². The van der Waals surface area contributed by atoms with Gasteiger partial charge in [-0.25, -0.2) is 0 Å². The smallest absolute Gasteiger partial charge is 0.273 e. The van der Waals surface area contributed by atoms with Crippen LogP contribution in [0.3, 0.4) is 0 Å². The molecule has 1 aromatic carbocycles. The summed E-state index contributed by atoms with van der Waals surface area (Å²) in [5.41, 5.74) is 4.77. The van der Waals surface area contributed by atoms with E-state index in [9.17, 15) is 4.79 Å². The number of nitrogens with zero attached hydrogens (tertiary/aromatic N) is 2. The summed E-state index contributed by atoms with van der Waals surface area (Å²) in [6, 6.07) is 7.88. The highest BCUT2D eigenvalue weighted by Crippen LogP contribution is 2.20. The van der Waals surface area contributed by atoms with E-state index >= 15 is 0 Å². The zero-order valence-corrected chi connectivity index (χ0v) is 11.6. The molecule has 0 bridgehead atoms. The van der Waals surface area contributed by atoms with Crippen LogP contribution in [0.1, 0.15) is 27.8 Å². The Labute approximate surface area is 112 Å². The van der Waals surface area contributed by atoms with E-state index in [1.165, 1.54) is 5.56 Å². The minimum Gasteiger partial charge on any atom is -0.283 e. The molecule has 3 heteroatoms. The highest BCUT2D eigenvalue weighted by atomic mass is 16.1. The van der Waals surface area contributed by atoms with Crippen molar-refractivity contribution in [1.29, 1.82) is 5.26 Å². The molecule has 0 aliphatic rings. The van der Waals surface area contributed by atoms with Crippen LogP contribution >= 0.6 is 0 Å². The fourth-order valence-electron chi connectivity index (χ4n) is 2.49. The van der Waals surface area contributed by atoms with E-state index in [0.717, 1.165) is 16.8 Å². The summed E-state index contributed by atoms with van der Waals surface area (Å²) >= 11 is 0. The molecule has 0 amide bonds. The zero-order valence-electron chi connectivity index (χ0n) is 11.6. The van der Waals surface area contributed by atoms with Crippen LogP contribution in [-0.4, -0.2) is 4.57 Å². The van der Waals surface area contributed by atoms with Gasteiger partial charge in [0.2, 0.25) is 0 Å². The highest BCUT2D eigenvalue weighted by Gasteiger charge is 2.11. The summed E-state index contributed by atoms with van der Waals surface area (Å²) in [5, 5.41) is 9.09. The predicted octanol–water partition coefficient (Wildman–Crippen LogP) is 2.94. The maximum atomic E-state index is 12.4. The quantitative estimate of drug-likeness (QED) is 0.783. The SMILES string of the molecule is Cc1cc(C)c(-n2ccc(C)c(C#N)c2=O)c(C)c1. The molecule has 0 spiro atoms. The third kappa shape index (κ3) is 2.17. The predicted molar refractivity (Wildman–Crippen MR) is 75.7 cm³/mol. The minimum absolute atomic E-state index is 0.210. The normalized spacial score (nSPS) is 10.3. The first-order valence-electron chi connectivity index (χ1n) is 6.16. The number of benzene rings is 1. The molecule has 2 aromatic rings. The molecular weight excluding hydrogens is 236 g/mol. The summed E-state index contributed by atoms with van der Waals surface area (Å²) in [5.74, 6) is 0. The van der Waals surface area contributed by atoms with Crippen molar-refractivity contribution in [3.05, 3.63) is 62.6 Å². The number of aryl methyl sites for hydroxylation is 4. The van der Waals surface area contributed by atoms with Crippen molar-refractivity contribution < 1.29 is 0 Å². The number of rotatable bonds is 1. The van der Waals surface area contributed by atoms with Crippen LogP contribution in [0.2, 0.25) is 0 Å². The van der Waals surface area contributed by atoms with Crippen LogP contribution in [0.25, 0.3) is 5.69 Å². The van der Waals surface area contributed by atoms with Crippen LogP contribution in [-0.2, 0) is 0 Å². The Bertz CT molecular complexity index is 725. The van der Waals surface area contributed by atoms with Crippen molar-refractivity contribution in [2.75, 3.05) is 0 Å². The lowest BCUT2D eigenvalue weighted by molar-refractivity contribution is 0.949. The molecule has 0 saturated heterocycles. The first-order valence-corrected chi connectivity index (χ1v) is 6.16.